The highest BCUT2D eigenvalue weighted by atomic mass is 16.5. The van der Waals surface area contributed by atoms with Gasteiger partial charge in [0.2, 0.25) is 0 Å². The van der Waals surface area contributed by atoms with Crippen molar-refractivity contribution in [1.82, 2.24) is 0 Å². The third-order valence-electron chi connectivity index (χ3n) is 3.18. The van der Waals surface area contributed by atoms with Gasteiger partial charge in [0.25, 0.3) is 0 Å². The van der Waals surface area contributed by atoms with E-state index < -0.39 is 24.0 Å². The molecule has 1 aromatic carbocycles. The van der Waals surface area contributed by atoms with Crippen LogP contribution in [0.3, 0.4) is 0 Å². The molecule has 0 bridgehead atoms. The van der Waals surface area contributed by atoms with E-state index >= 15 is 0 Å². The number of carbonyl (C=O) groups excluding carboxylic acids is 3. The van der Waals surface area contributed by atoms with Gasteiger partial charge in [-0.25, -0.2) is 9.59 Å². The van der Waals surface area contributed by atoms with E-state index in [0.29, 0.717) is 5.56 Å². The van der Waals surface area contributed by atoms with Crippen LogP contribution in [-0.4, -0.2) is 43.5 Å². The number of carbonyl (C=O) groups is 3. The number of quaternary nitrogens is 1. The number of hydrogen-bond acceptors (Lipinski definition) is 5. The first-order valence-electron chi connectivity index (χ1n) is 7.17. The van der Waals surface area contributed by atoms with Gasteiger partial charge in [0, 0.05) is 5.56 Å². The molecule has 22 heavy (non-hydrogen) atoms. The second kappa shape index (κ2) is 8.94. The first kappa shape index (κ1) is 17.8. The predicted molar refractivity (Wildman–Crippen MR) is 79.2 cm³/mol. The van der Waals surface area contributed by atoms with Gasteiger partial charge in [-0.15, -0.1) is 0 Å². The Morgan fingerprint density at radius 3 is 2.32 bits per heavy atom. The standard InChI is InChI=1S/C16H21NO5/c1-4-22-16(20)13(17-11(2)15(19)21-3)10-14(18)12-8-6-5-7-9-12/h5-9,11,13,17H,4,10H2,1-3H3/p+1/t11-,13+/m0/s1. The van der Waals surface area contributed by atoms with Crippen molar-refractivity contribution in [1.29, 1.82) is 0 Å². The summed E-state index contributed by atoms with van der Waals surface area (Å²) in [4.78, 5) is 35.7. The van der Waals surface area contributed by atoms with Gasteiger partial charge in [0.05, 0.1) is 20.1 Å². The fraction of sp³-hybridized carbons (Fsp3) is 0.438. The van der Waals surface area contributed by atoms with Crippen LogP contribution < -0.4 is 5.32 Å². The van der Waals surface area contributed by atoms with Gasteiger partial charge >= 0.3 is 11.9 Å². The van der Waals surface area contributed by atoms with Crippen LogP contribution >= 0.6 is 0 Å². The fourth-order valence-electron chi connectivity index (χ4n) is 2.03. The number of esters is 2. The van der Waals surface area contributed by atoms with Gasteiger partial charge in [-0.2, -0.15) is 0 Å². The lowest BCUT2D eigenvalue weighted by Crippen LogP contribution is -2.97. The molecule has 0 fully saturated rings. The lowest BCUT2D eigenvalue weighted by atomic mass is 10.0. The quantitative estimate of drug-likeness (QED) is 0.552. The number of benzene rings is 1. The number of ketones is 1. The second-order valence-corrected chi connectivity index (χ2v) is 4.86. The number of ether oxygens (including phenoxy) is 2. The Labute approximate surface area is 129 Å². The summed E-state index contributed by atoms with van der Waals surface area (Å²) in [7, 11) is 1.28. The average molecular weight is 308 g/mol. The normalized spacial score (nSPS) is 13.0. The van der Waals surface area contributed by atoms with Crippen LogP contribution in [0, 0.1) is 0 Å². The summed E-state index contributed by atoms with van der Waals surface area (Å²) in [6.45, 7) is 3.53. The van der Waals surface area contributed by atoms with Crippen LogP contribution in [0.5, 0.6) is 0 Å². The van der Waals surface area contributed by atoms with Gasteiger partial charge in [-0.05, 0) is 13.8 Å². The van der Waals surface area contributed by atoms with E-state index in [-0.39, 0.29) is 18.8 Å². The first-order valence-corrected chi connectivity index (χ1v) is 7.17. The van der Waals surface area contributed by atoms with E-state index in [1.54, 1.807) is 38.1 Å². The average Bonchev–Trinajstić information content (AvgIpc) is 2.54. The smallest absolute Gasteiger partial charge is 0.365 e. The van der Waals surface area contributed by atoms with Crippen LogP contribution in [-0.2, 0) is 19.1 Å². The van der Waals surface area contributed by atoms with Crippen LogP contribution in [0.1, 0.15) is 30.6 Å². The van der Waals surface area contributed by atoms with E-state index in [0.717, 1.165) is 0 Å². The molecule has 2 N–H and O–H groups in total. The molecule has 0 aromatic heterocycles. The SMILES string of the molecule is CCOC(=O)[C@@H](CC(=O)c1ccccc1)[NH2+][C@@H](C)C(=O)OC. The lowest BCUT2D eigenvalue weighted by Gasteiger charge is -2.17. The minimum atomic E-state index is -0.776. The summed E-state index contributed by atoms with van der Waals surface area (Å²) < 4.78 is 9.62. The van der Waals surface area contributed by atoms with E-state index in [1.807, 2.05) is 6.07 Å². The highest BCUT2D eigenvalue weighted by molar-refractivity contribution is 5.98. The maximum Gasteiger partial charge on any atom is 0.365 e. The van der Waals surface area contributed by atoms with Crippen LogP contribution in [0.4, 0.5) is 0 Å². The number of hydrogen-bond donors (Lipinski definition) is 1. The molecule has 0 unspecified atom stereocenters. The third kappa shape index (κ3) is 5.29. The second-order valence-electron chi connectivity index (χ2n) is 4.86. The molecule has 1 aromatic rings. The number of nitrogens with two attached hydrogens (primary N) is 1. The van der Waals surface area contributed by atoms with Crippen molar-refractivity contribution in [2.75, 3.05) is 13.7 Å². The highest BCUT2D eigenvalue weighted by Gasteiger charge is 2.31. The monoisotopic (exact) mass is 308 g/mol. The largest absolute Gasteiger partial charge is 0.465 e. The van der Waals surface area contributed by atoms with Crippen LogP contribution in [0.15, 0.2) is 30.3 Å². The molecule has 0 aliphatic carbocycles. The van der Waals surface area contributed by atoms with E-state index in [1.165, 1.54) is 12.4 Å². The molecule has 0 saturated carbocycles. The van der Waals surface area contributed by atoms with Crippen molar-refractivity contribution in [2.24, 2.45) is 0 Å². The Hall–Kier alpha value is -2.21. The zero-order chi connectivity index (χ0) is 16.5. The maximum absolute atomic E-state index is 12.2. The van der Waals surface area contributed by atoms with Crippen LogP contribution in [0.25, 0.3) is 0 Å². The molecule has 0 heterocycles. The Bertz CT molecular complexity index is 515. The van der Waals surface area contributed by atoms with Gasteiger partial charge in [-0.1, -0.05) is 30.3 Å². The van der Waals surface area contributed by atoms with Crippen molar-refractivity contribution in [3.63, 3.8) is 0 Å². The van der Waals surface area contributed by atoms with E-state index in [4.69, 9.17) is 4.74 Å². The number of rotatable bonds is 8. The summed E-state index contributed by atoms with van der Waals surface area (Å²) in [5.41, 5.74) is 0.524. The summed E-state index contributed by atoms with van der Waals surface area (Å²) >= 11 is 0. The summed E-state index contributed by atoms with van der Waals surface area (Å²) in [6, 6.07) is 7.33. The summed E-state index contributed by atoms with van der Waals surface area (Å²) in [5, 5.41) is 1.50. The zero-order valence-corrected chi connectivity index (χ0v) is 13.1. The van der Waals surface area contributed by atoms with E-state index in [9.17, 15) is 14.4 Å². The van der Waals surface area contributed by atoms with Crippen LogP contribution in [0.2, 0.25) is 0 Å². The Morgan fingerprint density at radius 2 is 1.77 bits per heavy atom. The van der Waals surface area contributed by atoms with Gasteiger partial charge in [-0.3, -0.25) is 4.79 Å². The van der Waals surface area contributed by atoms with E-state index in [2.05, 4.69) is 4.74 Å². The maximum atomic E-state index is 12.2. The molecular formula is C16H22NO5+. The predicted octanol–water partition coefficient (Wildman–Crippen LogP) is 0.316. The van der Waals surface area contributed by atoms with Crippen molar-refractivity contribution >= 4 is 17.7 Å². The molecule has 0 amide bonds. The molecule has 0 spiro atoms. The summed E-state index contributed by atoms with van der Waals surface area (Å²) in [5.74, 6) is -1.14. The van der Waals surface area contributed by atoms with Gasteiger partial charge in [0.1, 0.15) is 0 Å². The molecule has 0 aliphatic heterocycles. The molecular weight excluding hydrogens is 286 g/mol. The topological polar surface area (TPSA) is 86.3 Å². The van der Waals surface area contributed by atoms with Crippen molar-refractivity contribution in [3.8, 4) is 0 Å². The van der Waals surface area contributed by atoms with Crippen molar-refractivity contribution in [2.45, 2.75) is 32.4 Å². The zero-order valence-electron chi connectivity index (χ0n) is 13.1. The Morgan fingerprint density at radius 1 is 1.14 bits per heavy atom. The molecule has 120 valence electrons. The Kier molecular flexibility index (Phi) is 7.25. The first-order chi connectivity index (χ1) is 10.5. The number of methoxy groups -OCH3 is 1. The fourth-order valence-corrected chi connectivity index (χ4v) is 2.03. The molecule has 1 rings (SSSR count). The third-order valence-corrected chi connectivity index (χ3v) is 3.18. The molecule has 0 saturated heterocycles. The highest BCUT2D eigenvalue weighted by Crippen LogP contribution is 2.05. The molecule has 6 heteroatoms. The minimum absolute atomic E-state index is 0.0375. The molecule has 0 radical (unpaired) electrons. The summed E-state index contributed by atoms with van der Waals surface area (Å²) in [6.07, 6.45) is -0.0375. The Balaban J connectivity index is 2.80. The molecule has 0 aliphatic rings. The van der Waals surface area contributed by atoms with Gasteiger partial charge in [0.15, 0.2) is 17.9 Å². The molecule has 2 atom stereocenters. The molecule has 6 nitrogen and oxygen atoms in total. The van der Waals surface area contributed by atoms with Gasteiger partial charge < -0.3 is 14.8 Å². The van der Waals surface area contributed by atoms with Crippen molar-refractivity contribution < 1.29 is 29.2 Å². The lowest BCUT2D eigenvalue weighted by molar-refractivity contribution is -0.696. The van der Waals surface area contributed by atoms with Crippen molar-refractivity contribution in [3.05, 3.63) is 35.9 Å². The minimum Gasteiger partial charge on any atom is -0.465 e. The number of Topliss-reactive ketones (excluding diaryl/α,β-unsaturated/α-hetero) is 1.